The monoisotopic (exact) mass is 398 g/mol. The van der Waals surface area contributed by atoms with Crippen molar-refractivity contribution in [3.8, 4) is 0 Å². The van der Waals surface area contributed by atoms with Crippen molar-refractivity contribution in [2.45, 2.75) is 59.5 Å². The van der Waals surface area contributed by atoms with Crippen LogP contribution in [0.3, 0.4) is 0 Å². The van der Waals surface area contributed by atoms with Gasteiger partial charge in [0.05, 0.1) is 11.4 Å². The van der Waals surface area contributed by atoms with Gasteiger partial charge in [-0.05, 0) is 53.1 Å². The van der Waals surface area contributed by atoms with Crippen LogP contribution in [0.5, 0.6) is 0 Å². The second-order valence-corrected chi connectivity index (χ2v) is 9.31. The summed E-state index contributed by atoms with van der Waals surface area (Å²) in [7, 11) is 0. The first-order chi connectivity index (χ1) is 14.4. The number of hydrogen-bond acceptors (Lipinski definition) is 2. The van der Waals surface area contributed by atoms with Gasteiger partial charge in [0.1, 0.15) is 6.17 Å². The Morgan fingerprint density at radius 2 is 0.833 bits per heavy atom. The number of fused-ring (bicyclic) bond motifs is 1. The first-order valence-electron chi connectivity index (χ1n) is 11.3. The zero-order valence-electron chi connectivity index (χ0n) is 19.1. The van der Waals surface area contributed by atoms with Gasteiger partial charge < -0.3 is 9.80 Å². The number of benzene rings is 3. The maximum absolute atomic E-state index is 2.58. The van der Waals surface area contributed by atoms with Gasteiger partial charge in [-0.25, -0.2) is 0 Å². The molecule has 0 N–H and O–H groups in total. The molecule has 2 nitrogen and oxygen atoms in total. The Hall–Kier alpha value is -2.74. The van der Waals surface area contributed by atoms with Crippen LogP contribution >= 0.6 is 0 Å². The van der Waals surface area contributed by atoms with E-state index in [0.717, 1.165) is 0 Å². The Morgan fingerprint density at radius 3 is 1.17 bits per heavy atom. The van der Waals surface area contributed by atoms with Crippen LogP contribution in [0, 0.1) is 5.92 Å². The van der Waals surface area contributed by atoms with Crippen molar-refractivity contribution in [1.82, 2.24) is 0 Å². The minimum absolute atomic E-state index is 0.224. The molecule has 2 heteroatoms. The predicted octanol–water partition coefficient (Wildman–Crippen LogP) is 8.21. The topological polar surface area (TPSA) is 6.48 Å². The van der Waals surface area contributed by atoms with Crippen molar-refractivity contribution in [3.05, 3.63) is 83.9 Å². The SMILES string of the molecule is CC(C)c1ccccc1N1c2ccccc2N(c2ccccc2C(C)C)C1C(C)C. The largest absolute Gasteiger partial charge is 0.318 e. The van der Waals surface area contributed by atoms with Gasteiger partial charge in [0.2, 0.25) is 0 Å². The Kier molecular flexibility index (Phi) is 5.60. The average Bonchev–Trinajstić information content (AvgIpc) is 3.09. The molecule has 0 saturated heterocycles. The first-order valence-corrected chi connectivity index (χ1v) is 11.3. The molecule has 30 heavy (non-hydrogen) atoms. The molecule has 1 heterocycles. The summed E-state index contributed by atoms with van der Waals surface area (Å²) in [4.78, 5) is 5.15. The summed E-state index contributed by atoms with van der Waals surface area (Å²) in [6, 6.07) is 26.7. The van der Waals surface area contributed by atoms with Crippen molar-refractivity contribution in [2.24, 2.45) is 5.92 Å². The lowest BCUT2D eigenvalue weighted by molar-refractivity contribution is 0.504. The van der Waals surface area contributed by atoms with Crippen molar-refractivity contribution in [1.29, 1.82) is 0 Å². The van der Waals surface area contributed by atoms with Crippen molar-refractivity contribution >= 4 is 22.7 Å². The standard InChI is InChI=1S/C28H34N2/c1-19(2)22-13-7-9-15-24(22)29-26-17-11-12-18-27(26)30(28(29)21(5)6)25-16-10-8-14-23(25)20(3)4/h7-21,28H,1-6H3. The van der Waals surface area contributed by atoms with Crippen LogP contribution in [0.15, 0.2) is 72.8 Å². The zero-order chi connectivity index (χ0) is 21.4. The van der Waals surface area contributed by atoms with E-state index in [1.54, 1.807) is 0 Å². The highest BCUT2D eigenvalue weighted by atomic mass is 15.4. The van der Waals surface area contributed by atoms with Gasteiger partial charge in [-0.1, -0.05) is 90.1 Å². The summed E-state index contributed by atoms with van der Waals surface area (Å²) in [6.45, 7) is 13.8. The molecule has 0 fully saturated rings. The van der Waals surface area contributed by atoms with E-state index in [0.29, 0.717) is 17.8 Å². The van der Waals surface area contributed by atoms with Gasteiger partial charge in [0.25, 0.3) is 0 Å². The molecule has 1 aliphatic rings. The lowest BCUT2D eigenvalue weighted by Gasteiger charge is -2.38. The summed E-state index contributed by atoms with van der Waals surface area (Å²) in [6.07, 6.45) is 0.224. The van der Waals surface area contributed by atoms with E-state index < -0.39 is 0 Å². The Bertz CT molecular complexity index is 940. The molecule has 1 aliphatic heterocycles. The molecule has 0 aromatic heterocycles. The third kappa shape index (κ3) is 3.39. The van der Waals surface area contributed by atoms with Gasteiger partial charge in [-0.2, -0.15) is 0 Å². The van der Waals surface area contributed by atoms with E-state index in [4.69, 9.17) is 0 Å². The fourth-order valence-electron chi connectivity index (χ4n) is 4.80. The highest BCUT2D eigenvalue weighted by molar-refractivity contribution is 5.89. The highest BCUT2D eigenvalue weighted by Crippen LogP contribution is 2.51. The van der Waals surface area contributed by atoms with Crippen LogP contribution in [0.25, 0.3) is 0 Å². The molecule has 3 aromatic rings. The van der Waals surface area contributed by atoms with E-state index in [9.17, 15) is 0 Å². The fourth-order valence-corrected chi connectivity index (χ4v) is 4.80. The highest BCUT2D eigenvalue weighted by Gasteiger charge is 2.40. The van der Waals surface area contributed by atoms with Gasteiger partial charge in [-0.15, -0.1) is 0 Å². The third-order valence-corrected chi connectivity index (χ3v) is 6.16. The van der Waals surface area contributed by atoms with E-state index >= 15 is 0 Å². The molecule has 0 aliphatic carbocycles. The fraction of sp³-hybridized carbons (Fsp3) is 0.357. The van der Waals surface area contributed by atoms with Crippen LogP contribution in [0.1, 0.15) is 64.5 Å². The van der Waals surface area contributed by atoms with Crippen LogP contribution in [-0.2, 0) is 0 Å². The second kappa shape index (κ2) is 8.18. The van der Waals surface area contributed by atoms with E-state index in [2.05, 4.69) is 124 Å². The third-order valence-electron chi connectivity index (χ3n) is 6.16. The maximum Gasteiger partial charge on any atom is 0.113 e. The van der Waals surface area contributed by atoms with Crippen LogP contribution in [-0.4, -0.2) is 6.17 Å². The molecule has 0 spiro atoms. The number of nitrogens with zero attached hydrogens (tertiary/aromatic N) is 2. The maximum atomic E-state index is 2.58. The summed E-state index contributed by atoms with van der Waals surface area (Å²) in [5.74, 6) is 1.38. The van der Waals surface area contributed by atoms with Gasteiger partial charge in [-0.3, -0.25) is 0 Å². The Morgan fingerprint density at radius 1 is 0.500 bits per heavy atom. The van der Waals surface area contributed by atoms with Crippen LogP contribution in [0.2, 0.25) is 0 Å². The summed E-state index contributed by atoms with van der Waals surface area (Å²) < 4.78 is 0. The van der Waals surface area contributed by atoms with Crippen LogP contribution in [0.4, 0.5) is 22.7 Å². The number of anilines is 4. The van der Waals surface area contributed by atoms with Gasteiger partial charge in [0, 0.05) is 11.4 Å². The molecule has 0 radical (unpaired) electrons. The molecule has 0 amide bonds. The second-order valence-electron chi connectivity index (χ2n) is 9.31. The molecular weight excluding hydrogens is 364 g/mol. The number of para-hydroxylation sites is 4. The molecule has 0 saturated carbocycles. The smallest absolute Gasteiger partial charge is 0.113 e. The molecule has 0 bridgehead atoms. The quantitative estimate of drug-likeness (QED) is 0.427. The molecule has 3 aromatic carbocycles. The summed E-state index contributed by atoms with van der Waals surface area (Å²) in [5.41, 5.74) is 8.03. The predicted molar refractivity (Wildman–Crippen MR) is 130 cm³/mol. The molecule has 0 atom stereocenters. The Labute approximate surface area is 182 Å². The zero-order valence-corrected chi connectivity index (χ0v) is 19.1. The summed E-state index contributed by atoms with van der Waals surface area (Å²) >= 11 is 0. The molecule has 156 valence electrons. The number of rotatable bonds is 5. The minimum Gasteiger partial charge on any atom is -0.318 e. The van der Waals surface area contributed by atoms with E-state index in [1.807, 2.05) is 0 Å². The van der Waals surface area contributed by atoms with E-state index in [1.165, 1.54) is 33.9 Å². The first kappa shape index (κ1) is 20.5. The van der Waals surface area contributed by atoms with Crippen LogP contribution < -0.4 is 9.80 Å². The van der Waals surface area contributed by atoms with Crippen molar-refractivity contribution in [2.75, 3.05) is 9.80 Å². The van der Waals surface area contributed by atoms with Crippen molar-refractivity contribution < 1.29 is 0 Å². The van der Waals surface area contributed by atoms with E-state index in [-0.39, 0.29) is 6.17 Å². The molecule has 0 unspecified atom stereocenters. The van der Waals surface area contributed by atoms with Gasteiger partial charge >= 0.3 is 0 Å². The Balaban J connectivity index is 1.97. The lowest BCUT2D eigenvalue weighted by atomic mass is 9.97. The molecular formula is C28H34N2. The average molecular weight is 399 g/mol. The minimum atomic E-state index is 0.224. The number of hydrogen-bond donors (Lipinski definition) is 0. The van der Waals surface area contributed by atoms with Crippen molar-refractivity contribution in [3.63, 3.8) is 0 Å². The summed E-state index contributed by atoms with van der Waals surface area (Å²) in [5, 5.41) is 0. The van der Waals surface area contributed by atoms with Gasteiger partial charge in [0.15, 0.2) is 0 Å². The molecule has 4 rings (SSSR count). The lowest BCUT2D eigenvalue weighted by Crippen LogP contribution is -2.43. The normalized spacial score (nSPS) is 14.3.